The normalized spacial score (nSPS) is 11.3. The van der Waals surface area contributed by atoms with Crippen LogP contribution in [-0.4, -0.2) is 62.8 Å². The minimum absolute atomic E-state index is 0.0139. The first-order valence-electron chi connectivity index (χ1n) is 13.2. The van der Waals surface area contributed by atoms with E-state index in [1.54, 1.807) is 13.0 Å². The van der Waals surface area contributed by atoms with E-state index in [9.17, 15) is 22.8 Å². The summed E-state index contributed by atoms with van der Waals surface area (Å²) in [6.45, 7) is 3.24. The van der Waals surface area contributed by atoms with E-state index in [2.05, 4.69) is 25.7 Å². The number of carbonyl (C=O) groups excluding carboxylic acids is 2. The van der Waals surface area contributed by atoms with Crippen LogP contribution in [0.4, 0.5) is 24.7 Å². The zero-order valence-corrected chi connectivity index (χ0v) is 23.0. The number of hydrogen-bond donors (Lipinski definition) is 3. The second-order valence-electron chi connectivity index (χ2n) is 8.99. The Balaban J connectivity index is 1.69. The molecule has 3 aromatic heterocycles. The van der Waals surface area contributed by atoms with Crippen LogP contribution in [0, 0.1) is 11.3 Å². The van der Waals surface area contributed by atoms with E-state index in [1.807, 2.05) is 6.07 Å². The van der Waals surface area contributed by atoms with E-state index in [1.165, 1.54) is 35.3 Å². The maximum absolute atomic E-state index is 13.9. The summed E-state index contributed by atoms with van der Waals surface area (Å²) < 4.78 is 54.6. The van der Waals surface area contributed by atoms with Crippen molar-refractivity contribution in [3.63, 3.8) is 0 Å². The van der Waals surface area contributed by atoms with Gasteiger partial charge in [-0.05, 0) is 18.6 Å². The molecule has 0 saturated carbocycles. The second kappa shape index (κ2) is 13.8. The number of hydrogen-bond acceptors (Lipinski definition) is 10. The maximum Gasteiger partial charge on any atom is 0.435 e. The second-order valence-corrected chi connectivity index (χ2v) is 8.99. The van der Waals surface area contributed by atoms with Crippen molar-refractivity contribution in [3.8, 4) is 23.1 Å². The van der Waals surface area contributed by atoms with Gasteiger partial charge in [0.2, 0.25) is 0 Å². The van der Waals surface area contributed by atoms with Crippen LogP contribution in [0.1, 0.15) is 35.0 Å². The van der Waals surface area contributed by atoms with Gasteiger partial charge in [-0.3, -0.25) is 18.7 Å². The predicted octanol–water partition coefficient (Wildman–Crippen LogP) is 3.07. The van der Waals surface area contributed by atoms with Crippen LogP contribution in [0.2, 0.25) is 0 Å². The van der Waals surface area contributed by atoms with Gasteiger partial charge in [0.25, 0.3) is 12.4 Å². The number of rotatable bonds is 14. The van der Waals surface area contributed by atoms with Crippen molar-refractivity contribution in [3.05, 3.63) is 53.7 Å². The van der Waals surface area contributed by atoms with Gasteiger partial charge in [-0.1, -0.05) is 6.92 Å². The van der Waals surface area contributed by atoms with E-state index in [0.717, 1.165) is 4.68 Å². The first-order valence-corrected chi connectivity index (χ1v) is 13.2. The Bertz CT molecular complexity index is 1640. The number of fused-ring (bicyclic) bond motifs is 1. The third-order valence-corrected chi connectivity index (χ3v) is 6.26. The predicted molar refractivity (Wildman–Crippen MR) is 147 cm³/mol. The monoisotopic (exact) mass is 599 g/mol. The van der Waals surface area contributed by atoms with Gasteiger partial charge in [0.1, 0.15) is 0 Å². The molecule has 0 atom stereocenters. The molecular formula is C27H28F3N9O4. The molecule has 3 heterocycles. The van der Waals surface area contributed by atoms with Crippen molar-refractivity contribution in [2.24, 2.45) is 5.73 Å². The Morgan fingerprint density at radius 2 is 2.07 bits per heavy atom. The van der Waals surface area contributed by atoms with E-state index in [0.29, 0.717) is 25.1 Å². The number of nitriles is 1. The van der Waals surface area contributed by atoms with Crippen LogP contribution < -0.4 is 21.1 Å². The number of alkyl halides is 3. The average Bonchev–Trinajstić information content (AvgIpc) is 3.61. The Morgan fingerprint density at radius 1 is 1.26 bits per heavy atom. The molecule has 0 fully saturated rings. The lowest BCUT2D eigenvalue weighted by Gasteiger charge is -2.17. The van der Waals surface area contributed by atoms with E-state index >= 15 is 0 Å². The quantitative estimate of drug-likeness (QED) is 0.144. The fourth-order valence-corrected chi connectivity index (χ4v) is 4.42. The topological polar surface area (TPSA) is 174 Å². The highest BCUT2D eigenvalue weighted by molar-refractivity contribution is 5.97. The number of nitrogens with two attached hydrogens (primary N) is 1. The maximum atomic E-state index is 13.9. The van der Waals surface area contributed by atoms with E-state index in [4.69, 9.17) is 20.5 Å². The molecule has 0 aliphatic heterocycles. The lowest BCUT2D eigenvalue weighted by Crippen LogP contribution is -2.29. The summed E-state index contributed by atoms with van der Waals surface area (Å²) in [5.41, 5.74) is 5.31. The number of aromatic nitrogens is 5. The molecular weight excluding hydrogens is 571 g/mol. The number of amides is 1. The van der Waals surface area contributed by atoms with Crippen molar-refractivity contribution < 1.29 is 32.2 Å². The van der Waals surface area contributed by atoms with Crippen molar-refractivity contribution in [2.75, 3.05) is 31.6 Å². The van der Waals surface area contributed by atoms with Crippen LogP contribution in [0.15, 0.2) is 36.9 Å². The molecule has 0 aliphatic rings. The fraction of sp³-hybridized carbons (Fsp3) is 0.333. The third kappa shape index (κ3) is 6.90. The molecule has 0 unspecified atom stereocenters. The number of anilines is 2. The summed E-state index contributed by atoms with van der Waals surface area (Å²) in [5.74, 6) is -0.172. The van der Waals surface area contributed by atoms with Crippen LogP contribution in [0.3, 0.4) is 0 Å². The largest absolute Gasteiger partial charge is 0.435 e. The first-order chi connectivity index (χ1) is 20.7. The molecule has 0 radical (unpaired) electrons. The van der Waals surface area contributed by atoms with Gasteiger partial charge < -0.3 is 25.8 Å². The molecule has 226 valence electrons. The van der Waals surface area contributed by atoms with Crippen molar-refractivity contribution in [1.29, 1.82) is 5.26 Å². The third-order valence-electron chi connectivity index (χ3n) is 6.26. The first kappa shape index (κ1) is 30.9. The van der Waals surface area contributed by atoms with Crippen LogP contribution in [0.25, 0.3) is 16.9 Å². The highest BCUT2D eigenvalue weighted by Gasteiger charge is 2.38. The van der Waals surface area contributed by atoms with Crippen LogP contribution in [0.5, 0.6) is 5.75 Å². The van der Waals surface area contributed by atoms with Gasteiger partial charge in [0.05, 0.1) is 55.4 Å². The van der Waals surface area contributed by atoms with Crippen molar-refractivity contribution in [1.82, 2.24) is 29.5 Å². The molecule has 0 aliphatic carbocycles. The summed E-state index contributed by atoms with van der Waals surface area (Å²) in [4.78, 5) is 32.9. The molecule has 13 nitrogen and oxygen atoms in total. The van der Waals surface area contributed by atoms with E-state index in [-0.39, 0.29) is 72.3 Å². The van der Waals surface area contributed by atoms with Crippen LogP contribution >= 0.6 is 0 Å². The highest BCUT2D eigenvalue weighted by Crippen LogP contribution is 2.38. The number of imidazole rings is 1. The van der Waals surface area contributed by atoms with Gasteiger partial charge in [0, 0.05) is 42.8 Å². The average molecular weight is 600 g/mol. The molecule has 16 heteroatoms. The molecule has 4 aromatic rings. The lowest BCUT2D eigenvalue weighted by atomic mass is 10.0. The minimum atomic E-state index is -4.76. The lowest BCUT2D eigenvalue weighted by molar-refractivity contribution is -0.141. The molecule has 1 aromatic carbocycles. The number of nitrogens with zero attached hydrogens (tertiary/aromatic N) is 6. The fourth-order valence-electron chi connectivity index (χ4n) is 4.42. The Kier molecular flexibility index (Phi) is 9.91. The molecule has 0 bridgehead atoms. The zero-order valence-electron chi connectivity index (χ0n) is 23.0. The molecule has 1 amide bonds. The summed E-state index contributed by atoms with van der Waals surface area (Å²) in [7, 11) is 0. The number of aryl methyl sites for hydroxylation is 1. The van der Waals surface area contributed by atoms with Gasteiger partial charge in [-0.15, -0.1) is 0 Å². The van der Waals surface area contributed by atoms with E-state index < -0.39 is 17.8 Å². The zero-order chi connectivity index (χ0) is 31.0. The van der Waals surface area contributed by atoms with Crippen LogP contribution in [-0.2, 0) is 28.7 Å². The molecule has 4 rings (SSSR count). The van der Waals surface area contributed by atoms with Crippen molar-refractivity contribution >= 4 is 29.5 Å². The molecule has 0 spiro atoms. The van der Waals surface area contributed by atoms with Gasteiger partial charge >= 0.3 is 6.18 Å². The summed E-state index contributed by atoms with van der Waals surface area (Å²) >= 11 is 0. The molecule has 4 N–H and O–H groups in total. The van der Waals surface area contributed by atoms with Gasteiger partial charge in [-0.25, -0.2) is 9.97 Å². The minimum Gasteiger partial charge on any atom is -0.426 e. The Hall–Kier alpha value is -5.01. The number of benzene rings is 1. The summed E-state index contributed by atoms with van der Waals surface area (Å²) in [5, 5.41) is 18.3. The summed E-state index contributed by atoms with van der Waals surface area (Å²) in [6, 6.07) is 4.96. The summed E-state index contributed by atoms with van der Waals surface area (Å²) in [6.07, 6.45) is 0.839. The molecule has 43 heavy (non-hydrogen) atoms. The number of halogens is 3. The SMILES string of the molecule is CCc1c(C(=O)NCCOCCN)ccc(Nc2nccn3c(-c4cn(CCC#N)nc4C(F)(F)F)cnc23)c1OC=O. The van der Waals surface area contributed by atoms with Gasteiger partial charge in [0.15, 0.2) is 22.9 Å². The number of nitrogens with one attached hydrogen (secondary N) is 2. The number of carbonyl (C=O) groups is 2. The Morgan fingerprint density at radius 3 is 2.77 bits per heavy atom. The molecule has 0 saturated heterocycles. The van der Waals surface area contributed by atoms with Gasteiger partial charge in [-0.2, -0.15) is 23.5 Å². The number of ether oxygens (including phenoxy) is 2. The highest BCUT2D eigenvalue weighted by atomic mass is 19.4. The van der Waals surface area contributed by atoms with Crippen molar-refractivity contribution in [2.45, 2.75) is 32.5 Å². The smallest absolute Gasteiger partial charge is 0.426 e. The Labute approximate surface area is 243 Å². The standard InChI is InChI=1S/C27H28F3N9O4/c1-2-17-18(26(41)34-9-13-42-12-7-32)4-5-20(22(17)43-16-40)36-24-25-35-14-21(39(25)11-8-33-24)19-15-38(10-3-6-31)37-23(19)27(28,29)30/h4-5,8,11,14-16H,2-3,7,9-10,12-13,32H2,1H3,(H,33,36)(H,34,41).